The molecule has 0 saturated heterocycles. The molecule has 1 aliphatic rings. The standard InChI is InChI=1S/C16H20N2OS/c1-17-12-6-8-13(9-7-12)18-16(19)15-10-11-4-2-3-5-14(11)20-15/h2-5,10,12-13,17H,6-9H2,1H3,(H,18,19). The van der Waals surface area contributed by atoms with Crippen molar-refractivity contribution in [2.45, 2.75) is 37.8 Å². The SMILES string of the molecule is CNC1CCC(NC(=O)c2cc3ccccc3s2)CC1. The van der Waals surface area contributed by atoms with Crippen LogP contribution in [0.4, 0.5) is 0 Å². The van der Waals surface area contributed by atoms with Crippen molar-refractivity contribution < 1.29 is 4.79 Å². The van der Waals surface area contributed by atoms with Gasteiger partial charge in [-0.15, -0.1) is 11.3 Å². The number of thiophene rings is 1. The number of carbonyl (C=O) groups excluding carboxylic acids is 1. The molecule has 20 heavy (non-hydrogen) atoms. The van der Waals surface area contributed by atoms with Crippen molar-refractivity contribution in [2.75, 3.05) is 7.05 Å². The van der Waals surface area contributed by atoms with Gasteiger partial charge in [0.1, 0.15) is 0 Å². The highest BCUT2D eigenvalue weighted by atomic mass is 32.1. The highest BCUT2D eigenvalue weighted by Crippen LogP contribution is 2.26. The third-order valence-corrected chi connectivity index (χ3v) is 5.23. The maximum atomic E-state index is 12.3. The first-order chi connectivity index (χ1) is 9.76. The molecule has 4 heteroatoms. The van der Waals surface area contributed by atoms with Crippen molar-refractivity contribution >= 4 is 27.3 Å². The monoisotopic (exact) mass is 288 g/mol. The van der Waals surface area contributed by atoms with Crippen molar-refractivity contribution in [1.29, 1.82) is 0 Å². The molecule has 106 valence electrons. The molecule has 3 rings (SSSR count). The van der Waals surface area contributed by atoms with E-state index in [9.17, 15) is 4.79 Å². The van der Waals surface area contributed by atoms with Crippen molar-refractivity contribution in [3.05, 3.63) is 35.2 Å². The zero-order valence-corrected chi connectivity index (χ0v) is 12.5. The van der Waals surface area contributed by atoms with E-state index in [2.05, 4.69) is 22.8 Å². The van der Waals surface area contributed by atoms with E-state index in [4.69, 9.17) is 0 Å². The molecule has 3 nitrogen and oxygen atoms in total. The van der Waals surface area contributed by atoms with Gasteiger partial charge < -0.3 is 10.6 Å². The van der Waals surface area contributed by atoms with E-state index in [0.717, 1.165) is 35.9 Å². The van der Waals surface area contributed by atoms with Crippen LogP contribution in [0, 0.1) is 0 Å². The smallest absolute Gasteiger partial charge is 0.261 e. The molecule has 0 atom stereocenters. The van der Waals surface area contributed by atoms with Crippen molar-refractivity contribution in [2.24, 2.45) is 0 Å². The van der Waals surface area contributed by atoms with E-state index in [1.165, 1.54) is 4.70 Å². The maximum Gasteiger partial charge on any atom is 0.261 e. The first-order valence-electron chi connectivity index (χ1n) is 7.23. The lowest BCUT2D eigenvalue weighted by atomic mass is 9.91. The van der Waals surface area contributed by atoms with Crippen LogP contribution in [0.1, 0.15) is 35.4 Å². The highest BCUT2D eigenvalue weighted by Gasteiger charge is 2.22. The second kappa shape index (κ2) is 5.94. The summed E-state index contributed by atoms with van der Waals surface area (Å²) in [5.74, 6) is 0.0825. The van der Waals surface area contributed by atoms with Crippen molar-refractivity contribution in [3.8, 4) is 0 Å². The van der Waals surface area contributed by atoms with Crippen LogP contribution in [-0.4, -0.2) is 25.0 Å². The number of nitrogens with one attached hydrogen (secondary N) is 2. The van der Waals surface area contributed by atoms with Gasteiger partial charge in [-0.2, -0.15) is 0 Å². The van der Waals surface area contributed by atoms with Gasteiger partial charge in [0.2, 0.25) is 0 Å². The molecule has 1 fully saturated rings. The van der Waals surface area contributed by atoms with Crippen LogP contribution in [0.5, 0.6) is 0 Å². The van der Waals surface area contributed by atoms with E-state index in [1.807, 2.05) is 25.2 Å². The van der Waals surface area contributed by atoms with Crippen LogP contribution in [0.25, 0.3) is 10.1 Å². The number of rotatable bonds is 3. The Balaban J connectivity index is 1.64. The summed E-state index contributed by atoms with van der Waals surface area (Å²) in [5.41, 5.74) is 0. The summed E-state index contributed by atoms with van der Waals surface area (Å²) in [5, 5.41) is 7.66. The fourth-order valence-electron chi connectivity index (χ4n) is 2.88. The van der Waals surface area contributed by atoms with Gasteiger partial charge in [-0.1, -0.05) is 18.2 Å². The fraction of sp³-hybridized carbons (Fsp3) is 0.438. The molecular formula is C16H20N2OS. The van der Waals surface area contributed by atoms with E-state index in [1.54, 1.807) is 11.3 Å². The Morgan fingerprint density at radius 3 is 2.55 bits per heavy atom. The molecule has 0 spiro atoms. The molecular weight excluding hydrogens is 268 g/mol. The molecule has 2 N–H and O–H groups in total. The number of carbonyl (C=O) groups is 1. The number of amides is 1. The van der Waals surface area contributed by atoms with E-state index in [0.29, 0.717) is 12.1 Å². The maximum absolute atomic E-state index is 12.3. The lowest BCUT2D eigenvalue weighted by molar-refractivity contribution is 0.0929. The summed E-state index contributed by atoms with van der Waals surface area (Å²) >= 11 is 1.57. The molecule has 1 aromatic heterocycles. The van der Waals surface area contributed by atoms with Gasteiger partial charge >= 0.3 is 0 Å². The molecule has 1 saturated carbocycles. The van der Waals surface area contributed by atoms with Crippen molar-refractivity contribution in [1.82, 2.24) is 10.6 Å². The van der Waals surface area contributed by atoms with Gasteiger partial charge in [-0.05, 0) is 50.2 Å². The highest BCUT2D eigenvalue weighted by molar-refractivity contribution is 7.20. The summed E-state index contributed by atoms with van der Waals surface area (Å²) in [4.78, 5) is 13.1. The number of fused-ring (bicyclic) bond motifs is 1. The van der Waals surface area contributed by atoms with Crippen LogP contribution >= 0.6 is 11.3 Å². The first kappa shape index (κ1) is 13.6. The third kappa shape index (κ3) is 2.86. The minimum Gasteiger partial charge on any atom is -0.349 e. The largest absolute Gasteiger partial charge is 0.349 e. The molecule has 1 aliphatic carbocycles. The van der Waals surface area contributed by atoms with Crippen LogP contribution in [0.15, 0.2) is 30.3 Å². The van der Waals surface area contributed by atoms with E-state index in [-0.39, 0.29) is 5.91 Å². The van der Waals surface area contributed by atoms with Gasteiger partial charge in [0.25, 0.3) is 5.91 Å². The Bertz CT molecular complexity index is 566. The summed E-state index contributed by atoms with van der Waals surface area (Å²) in [6, 6.07) is 11.1. The van der Waals surface area contributed by atoms with Gasteiger partial charge in [0, 0.05) is 16.8 Å². The molecule has 1 heterocycles. The van der Waals surface area contributed by atoms with Crippen molar-refractivity contribution in [3.63, 3.8) is 0 Å². The lowest BCUT2D eigenvalue weighted by Gasteiger charge is -2.28. The zero-order valence-electron chi connectivity index (χ0n) is 11.7. The predicted molar refractivity (Wildman–Crippen MR) is 84.4 cm³/mol. The Morgan fingerprint density at radius 1 is 1.15 bits per heavy atom. The molecule has 0 radical (unpaired) electrons. The quantitative estimate of drug-likeness (QED) is 0.911. The average Bonchev–Trinajstić information content (AvgIpc) is 2.92. The minimum absolute atomic E-state index is 0.0825. The number of benzene rings is 1. The third-order valence-electron chi connectivity index (χ3n) is 4.12. The summed E-state index contributed by atoms with van der Waals surface area (Å²) in [6.07, 6.45) is 4.44. The molecule has 0 aliphatic heterocycles. The average molecular weight is 288 g/mol. The van der Waals surface area contributed by atoms with Crippen LogP contribution in [-0.2, 0) is 0 Å². The van der Waals surface area contributed by atoms with Crippen LogP contribution < -0.4 is 10.6 Å². The summed E-state index contributed by atoms with van der Waals surface area (Å²) < 4.78 is 1.18. The predicted octanol–water partition coefficient (Wildman–Crippen LogP) is 3.16. The molecule has 0 bridgehead atoms. The fourth-order valence-corrected chi connectivity index (χ4v) is 3.84. The Labute approximate surface area is 123 Å². The Kier molecular flexibility index (Phi) is 4.03. The summed E-state index contributed by atoms with van der Waals surface area (Å²) in [7, 11) is 2.01. The second-order valence-corrected chi connectivity index (χ2v) is 6.54. The van der Waals surface area contributed by atoms with Gasteiger partial charge in [0.15, 0.2) is 0 Å². The van der Waals surface area contributed by atoms with Gasteiger partial charge in [0.05, 0.1) is 4.88 Å². The topological polar surface area (TPSA) is 41.1 Å². The van der Waals surface area contributed by atoms with Crippen LogP contribution in [0.2, 0.25) is 0 Å². The molecule has 0 unspecified atom stereocenters. The van der Waals surface area contributed by atoms with E-state index >= 15 is 0 Å². The number of hydrogen-bond acceptors (Lipinski definition) is 3. The Hall–Kier alpha value is -1.39. The van der Waals surface area contributed by atoms with Gasteiger partial charge in [-0.25, -0.2) is 0 Å². The normalized spacial score (nSPS) is 22.9. The van der Waals surface area contributed by atoms with E-state index < -0.39 is 0 Å². The Morgan fingerprint density at radius 2 is 1.85 bits per heavy atom. The lowest BCUT2D eigenvalue weighted by Crippen LogP contribution is -2.41. The first-order valence-corrected chi connectivity index (χ1v) is 8.04. The van der Waals surface area contributed by atoms with Crippen LogP contribution in [0.3, 0.4) is 0 Å². The molecule has 1 aromatic carbocycles. The summed E-state index contributed by atoms with van der Waals surface area (Å²) in [6.45, 7) is 0. The molecule has 1 amide bonds. The minimum atomic E-state index is 0.0825. The zero-order chi connectivity index (χ0) is 13.9. The molecule has 2 aromatic rings. The van der Waals surface area contributed by atoms with Gasteiger partial charge in [-0.3, -0.25) is 4.79 Å². The second-order valence-electron chi connectivity index (χ2n) is 5.46. The number of hydrogen-bond donors (Lipinski definition) is 2.